The molecule has 1 heterocycles. The van der Waals surface area contributed by atoms with Gasteiger partial charge in [-0.15, -0.1) is 0 Å². The Hall–Kier alpha value is -1.22. The van der Waals surface area contributed by atoms with Crippen LogP contribution in [0.15, 0.2) is 18.3 Å². The second-order valence-corrected chi connectivity index (χ2v) is 2.72. The Kier molecular flexibility index (Phi) is 2.94. The van der Waals surface area contributed by atoms with Crippen molar-refractivity contribution in [1.82, 2.24) is 4.98 Å². The van der Waals surface area contributed by atoms with Crippen LogP contribution in [-0.2, 0) is 11.2 Å². The maximum atomic E-state index is 10.8. The van der Waals surface area contributed by atoms with Crippen LogP contribution in [0.1, 0.15) is 12.5 Å². The summed E-state index contributed by atoms with van der Waals surface area (Å²) >= 11 is 0. The number of Topliss-reactive ketones (excluding diaryl/α,β-unsaturated/α-hetero) is 1. The van der Waals surface area contributed by atoms with E-state index in [4.69, 9.17) is 5.73 Å². The van der Waals surface area contributed by atoms with E-state index in [1.54, 1.807) is 12.3 Å². The molecule has 0 aliphatic carbocycles. The summed E-state index contributed by atoms with van der Waals surface area (Å²) in [4.78, 5) is 14.6. The maximum absolute atomic E-state index is 10.8. The van der Waals surface area contributed by atoms with Crippen molar-refractivity contribution < 1.29 is 4.79 Å². The van der Waals surface area contributed by atoms with Gasteiger partial charge in [0.1, 0.15) is 5.78 Å². The Labute approximate surface area is 71.6 Å². The van der Waals surface area contributed by atoms with Crippen LogP contribution in [0.5, 0.6) is 0 Å². The van der Waals surface area contributed by atoms with E-state index in [0.717, 1.165) is 5.56 Å². The lowest BCUT2D eigenvalue weighted by atomic mass is 10.1. The smallest absolute Gasteiger partial charge is 0.146 e. The van der Waals surface area contributed by atoms with E-state index in [2.05, 4.69) is 11.2 Å². The predicted octanol–water partition coefficient (Wildman–Crippen LogP) is 0.341. The van der Waals surface area contributed by atoms with Gasteiger partial charge >= 0.3 is 0 Å². The lowest BCUT2D eigenvalue weighted by Gasteiger charge is -2.05. The van der Waals surface area contributed by atoms with Gasteiger partial charge in [0, 0.05) is 6.20 Å². The van der Waals surface area contributed by atoms with Gasteiger partial charge in [-0.2, -0.15) is 0 Å². The molecule has 0 saturated heterocycles. The van der Waals surface area contributed by atoms with Gasteiger partial charge in [-0.05, 0) is 25.0 Å². The van der Waals surface area contributed by atoms with E-state index >= 15 is 0 Å². The fourth-order valence-corrected chi connectivity index (χ4v) is 0.869. The van der Waals surface area contributed by atoms with Crippen molar-refractivity contribution in [2.75, 3.05) is 0 Å². The van der Waals surface area contributed by atoms with Gasteiger partial charge in [0.15, 0.2) is 0 Å². The average molecular weight is 163 g/mol. The molecule has 1 aromatic rings. The van der Waals surface area contributed by atoms with Gasteiger partial charge < -0.3 is 5.73 Å². The molecule has 0 saturated carbocycles. The van der Waals surface area contributed by atoms with Crippen LogP contribution in [-0.4, -0.2) is 16.8 Å². The molecule has 63 valence electrons. The quantitative estimate of drug-likeness (QED) is 0.699. The van der Waals surface area contributed by atoms with Crippen LogP contribution in [0.3, 0.4) is 0 Å². The third-order valence-corrected chi connectivity index (χ3v) is 1.65. The molecule has 1 atom stereocenters. The molecule has 1 rings (SSSR count). The number of aromatic nitrogens is 1. The zero-order valence-electron chi connectivity index (χ0n) is 6.95. The molecule has 12 heavy (non-hydrogen) atoms. The van der Waals surface area contributed by atoms with E-state index in [9.17, 15) is 4.79 Å². The second kappa shape index (κ2) is 3.97. The molecular weight excluding hydrogens is 152 g/mol. The summed E-state index contributed by atoms with van der Waals surface area (Å²) in [5.74, 6) is 0.00262. The Bertz CT molecular complexity index is 258. The van der Waals surface area contributed by atoms with Crippen LogP contribution in [0.4, 0.5) is 0 Å². The Morgan fingerprint density at radius 3 is 3.08 bits per heavy atom. The topological polar surface area (TPSA) is 56.0 Å². The Morgan fingerprint density at radius 1 is 1.83 bits per heavy atom. The molecule has 3 nitrogen and oxygen atoms in total. The normalized spacial score (nSPS) is 12.5. The highest BCUT2D eigenvalue weighted by Crippen LogP contribution is 1.99. The van der Waals surface area contributed by atoms with Crippen LogP contribution < -0.4 is 5.73 Å². The first-order chi connectivity index (χ1) is 5.70. The third kappa shape index (κ3) is 2.43. The first kappa shape index (κ1) is 8.87. The molecule has 2 N–H and O–H groups in total. The molecule has 0 fully saturated rings. The molecule has 0 aliphatic heterocycles. The number of ketones is 1. The molecule has 0 aromatic carbocycles. The van der Waals surface area contributed by atoms with Gasteiger partial charge in [-0.3, -0.25) is 9.78 Å². The monoisotopic (exact) mass is 163 g/mol. The first-order valence-corrected chi connectivity index (χ1v) is 3.77. The van der Waals surface area contributed by atoms with Crippen molar-refractivity contribution in [2.45, 2.75) is 19.4 Å². The molecule has 1 aromatic heterocycles. The van der Waals surface area contributed by atoms with Crippen LogP contribution in [0, 0.1) is 6.20 Å². The van der Waals surface area contributed by atoms with Crippen molar-refractivity contribution in [2.24, 2.45) is 5.73 Å². The number of pyridine rings is 1. The largest absolute Gasteiger partial charge is 0.321 e. The zero-order chi connectivity index (χ0) is 8.97. The zero-order valence-corrected chi connectivity index (χ0v) is 6.95. The highest BCUT2D eigenvalue weighted by atomic mass is 16.1. The number of rotatable bonds is 3. The molecule has 0 aliphatic rings. The Balaban J connectivity index is 2.58. The van der Waals surface area contributed by atoms with E-state index < -0.39 is 6.04 Å². The van der Waals surface area contributed by atoms with Crippen LogP contribution in [0.25, 0.3) is 0 Å². The summed E-state index contributed by atoms with van der Waals surface area (Å²) in [7, 11) is 0. The molecule has 0 spiro atoms. The van der Waals surface area contributed by atoms with Gasteiger partial charge in [0.05, 0.1) is 12.2 Å². The molecule has 3 heteroatoms. The SMILES string of the molecule is CC(=O)C(N)Cc1cc[c]nc1. The summed E-state index contributed by atoms with van der Waals surface area (Å²) < 4.78 is 0. The number of nitrogens with two attached hydrogens (primary N) is 1. The fourth-order valence-electron chi connectivity index (χ4n) is 0.869. The number of carbonyl (C=O) groups excluding carboxylic acids is 1. The third-order valence-electron chi connectivity index (χ3n) is 1.65. The summed E-state index contributed by atoms with van der Waals surface area (Å²) in [6, 6.07) is 3.16. The Morgan fingerprint density at radius 2 is 2.58 bits per heavy atom. The van der Waals surface area contributed by atoms with E-state index in [1.807, 2.05) is 6.07 Å². The minimum absolute atomic E-state index is 0.00262. The minimum Gasteiger partial charge on any atom is -0.321 e. The summed E-state index contributed by atoms with van der Waals surface area (Å²) in [6.07, 6.45) is 4.88. The molecular formula is C9H11N2O. The lowest BCUT2D eigenvalue weighted by molar-refractivity contribution is -0.118. The van der Waals surface area contributed by atoms with E-state index in [-0.39, 0.29) is 5.78 Å². The van der Waals surface area contributed by atoms with Crippen LogP contribution >= 0.6 is 0 Å². The summed E-state index contributed by atoms with van der Waals surface area (Å²) in [5.41, 5.74) is 6.53. The van der Waals surface area contributed by atoms with Crippen molar-refractivity contribution in [3.05, 3.63) is 30.1 Å². The minimum atomic E-state index is -0.408. The number of hydrogen-bond donors (Lipinski definition) is 1. The highest BCUT2D eigenvalue weighted by molar-refractivity contribution is 5.81. The standard InChI is InChI=1S/C9H11N2O/c1-7(12)9(10)5-8-3-2-4-11-6-8/h2-3,6,9H,5,10H2,1H3. The van der Waals surface area contributed by atoms with Gasteiger partial charge in [-0.25, -0.2) is 0 Å². The molecule has 0 bridgehead atoms. The van der Waals surface area contributed by atoms with E-state index in [0.29, 0.717) is 6.42 Å². The summed E-state index contributed by atoms with van der Waals surface area (Å²) in [5, 5.41) is 0. The summed E-state index contributed by atoms with van der Waals surface area (Å²) in [6.45, 7) is 1.49. The van der Waals surface area contributed by atoms with Crippen molar-refractivity contribution >= 4 is 5.78 Å². The number of carbonyl (C=O) groups is 1. The molecule has 1 unspecified atom stereocenters. The van der Waals surface area contributed by atoms with Gasteiger partial charge in [0.2, 0.25) is 0 Å². The predicted molar refractivity (Wildman–Crippen MR) is 45.4 cm³/mol. The first-order valence-electron chi connectivity index (χ1n) is 3.77. The fraction of sp³-hybridized carbons (Fsp3) is 0.333. The maximum Gasteiger partial charge on any atom is 0.146 e. The van der Waals surface area contributed by atoms with Gasteiger partial charge in [0.25, 0.3) is 0 Å². The molecule has 0 amide bonds. The second-order valence-electron chi connectivity index (χ2n) is 2.72. The number of nitrogens with zero attached hydrogens (tertiary/aromatic N) is 1. The van der Waals surface area contributed by atoms with Crippen molar-refractivity contribution in [1.29, 1.82) is 0 Å². The van der Waals surface area contributed by atoms with Crippen LogP contribution in [0.2, 0.25) is 0 Å². The number of hydrogen-bond acceptors (Lipinski definition) is 3. The van der Waals surface area contributed by atoms with Gasteiger partial charge in [-0.1, -0.05) is 6.07 Å². The molecule has 1 radical (unpaired) electrons. The van der Waals surface area contributed by atoms with Crippen molar-refractivity contribution in [3.8, 4) is 0 Å². The van der Waals surface area contributed by atoms with E-state index in [1.165, 1.54) is 6.92 Å². The highest BCUT2D eigenvalue weighted by Gasteiger charge is 2.08. The average Bonchev–Trinajstić information content (AvgIpc) is 2.06. The lowest BCUT2D eigenvalue weighted by Crippen LogP contribution is -2.30. The van der Waals surface area contributed by atoms with Crippen molar-refractivity contribution in [3.63, 3.8) is 0 Å².